The number of aromatic amines is 1. The molecule has 0 atom stereocenters. The summed E-state index contributed by atoms with van der Waals surface area (Å²) in [5.74, 6) is 1.28. The maximum Gasteiger partial charge on any atom is 0.253 e. The first-order valence-electron chi connectivity index (χ1n) is 6.01. The van der Waals surface area contributed by atoms with Crippen LogP contribution in [0.15, 0.2) is 40.3 Å². The van der Waals surface area contributed by atoms with Crippen LogP contribution in [0.2, 0.25) is 0 Å². The standard InChI is InChI=1S/C13H14FN3O2S/c14-9-2-4-10(5-3-9)19-6-1-7-20-13-16-11(15)8-12(18)17-13/h2-5,8H,1,6-7H2,(H3,15,16,17,18). The number of hydrogen-bond donors (Lipinski definition) is 2. The Labute approximate surface area is 119 Å². The van der Waals surface area contributed by atoms with Gasteiger partial charge in [-0.3, -0.25) is 4.79 Å². The molecule has 106 valence electrons. The SMILES string of the molecule is Nc1cc(=O)[nH]c(SCCCOc2ccc(F)cc2)n1. The van der Waals surface area contributed by atoms with Gasteiger partial charge in [0.25, 0.3) is 5.56 Å². The van der Waals surface area contributed by atoms with Crippen LogP contribution in [0.3, 0.4) is 0 Å². The minimum atomic E-state index is -0.287. The summed E-state index contributed by atoms with van der Waals surface area (Å²) in [4.78, 5) is 17.8. The van der Waals surface area contributed by atoms with Gasteiger partial charge in [0.05, 0.1) is 6.61 Å². The Kier molecular flexibility index (Phi) is 5.00. The maximum atomic E-state index is 12.7. The molecule has 2 rings (SSSR count). The molecule has 0 fully saturated rings. The fraction of sp³-hybridized carbons (Fsp3) is 0.231. The Hall–Kier alpha value is -2.02. The molecule has 0 saturated carbocycles. The van der Waals surface area contributed by atoms with E-state index in [1.54, 1.807) is 12.1 Å². The lowest BCUT2D eigenvalue weighted by Crippen LogP contribution is -2.09. The Balaban J connectivity index is 1.71. The third-order valence-electron chi connectivity index (χ3n) is 2.35. The Morgan fingerprint density at radius 1 is 1.35 bits per heavy atom. The minimum absolute atomic E-state index is 0.207. The number of nitrogen functional groups attached to an aromatic ring is 1. The quantitative estimate of drug-likeness (QED) is 0.484. The van der Waals surface area contributed by atoms with E-state index >= 15 is 0 Å². The first-order valence-corrected chi connectivity index (χ1v) is 7.00. The molecule has 0 aliphatic carbocycles. The van der Waals surface area contributed by atoms with E-state index in [4.69, 9.17) is 10.5 Å². The Bertz CT molecular complexity index is 616. The minimum Gasteiger partial charge on any atom is -0.494 e. The van der Waals surface area contributed by atoms with Crippen molar-refractivity contribution < 1.29 is 9.13 Å². The zero-order chi connectivity index (χ0) is 14.4. The predicted octanol–water partition coefficient (Wildman–Crippen LogP) is 2.05. The van der Waals surface area contributed by atoms with Crippen molar-refractivity contribution in [2.75, 3.05) is 18.1 Å². The number of thioether (sulfide) groups is 1. The van der Waals surface area contributed by atoms with Gasteiger partial charge >= 0.3 is 0 Å². The number of anilines is 1. The van der Waals surface area contributed by atoms with Crippen molar-refractivity contribution in [1.82, 2.24) is 9.97 Å². The van der Waals surface area contributed by atoms with Crippen molar-refractivity contribution in [2.24, 2.45) is 0 Å². The van der Waals surface area contributed by atoms with Gasteiger partial charge in [-0.25, -0.2) is 9.37 Å². The molecule has 1 aromatic heterocycles. The van der Waals surface area contributed by atoms with Crippen molar-refractivity contribution in [3.8, 4) is 5.75 Å². The molecule has 0 aliphatic rings. The van der Waals surface area contributed by atoms with Crippen molar-refractivity contribution in [2.45, 2.75) is 11.6 Å². The van der Waals surface area contributed by atoms with Crippen molar-refractivity contribution in [1.29, 1.82) is 0 Å². The molecule has 2 aromatic rings. The smallest absolute Gasteiger partial charge is 0.253 e. The molecule has 0 amide bonds. The summed E-state index contributed by atoms with van der Waals surface area (Å²) in [6, 6.07) is 7.11. The lowest BCUT2D eigenvalue weighted by molar-refractivity contribution is 0.318. The van der Waals surface area contributed by atoms with Gasteiger partial charge in [0.15, 0.2) is 5.16 Å². The second-order valence-electron chi connectivity index (χ2n) is 3.98. The topological polar surface area (TPSA) is 81.0 Å². The second kappa shape index (κ2) is 6.95. The summed E-state index contributed by atoms with van der Waals surface area (Å²) in [6.45, 7) is 0.505. The molecule has 3 N–H and O–H groups in total. The zero-order valence-corrected chi connectivity index (χ0v) is 11.5. The molecule has 20 heavy (non-hydrogen) atoms. The normalized spacial score (nSPS) is 10.4. The van der Waals surface area contributed by atoms with Crippen LogP contribution in [0.25, 0.3) is 0 Å². The van der Waals surface area contributed by atoms with E-state index in [1.807, 2.05) is 0 Å². The first kappa shape index (κ1) is 14.4. The van der Waals surface area contributed by atoms with Crippen LogP contribution in [-0.4, -0.2) is 22.3 Å². The van der Waals surface area contributed by atoms with E-state index in [0.717, 1.165) is 12.2 Å². The fourth-order valence-corrected chi connectivity index (χ4v) is 2.27. The predicted molar refractivity (Wildman–Crippen MR) is 76.5 cm³/mol. The fourth-order valence-electron chi connectivity index (χ4n) is 1.47. The van der Waals surface area contributed by atoms with Gasteiger partial charge in [0.2, 0.25) is 0 Å². The largest absolute Gasteiger partial charge is 0.494 e. The highest BCUT2D eigenvalue weighted by molar-refractivity contribution is 7.99. The molecule has 0 saturated heterocycles. The molecule has 0 spiro atoms. The number of aromatic nitrogens is 2. The lowest BCUT2D eigenvalue weighted by atomic mass is 10.3. The van der Waals surface area contributed by atoms with Gasteiger partial charge in [-0.2, -0.15) is 0 Å². The number of halogens is 1. The van der Waals surface area contributed by atoms with Crippen LogP contribution < -0.4 is 16.0 Å². The second-order valence-corrected chi connectivity index (χ2v) is 5.06. The summed E-state index contributed by atoms with van der Waals surface area (Å²) in [6.07, 6.45) is 0.764. The molecule has 0 unspecified atom stereocenters. The molecule has 7 heteroatoms. The van der Waals surface area contributed by atoms with Crippen LogP contribution in [0.5, 0.6) is 5.75 Å². The van der Waals surface area contributed by atoms with E-state index < -0.39 is 0 Å². The highest BCUT2D eigenvalue weighted by Gasteiger charge is 2.00. The molecule has 5 nitrogen and oxygen atoms in total. The van der Waals surface area contributed by atoms with Gasteiger partial charge in [-0.1, -0.05) is 11.8 Å². The van der Waals surface area contributed by atoms with Gasteiger partial charge < -0.3 is 15.5 Å². The summed E-state index contributed by atoms with van der Waals surface area (Å²) in [5, 5.41) is 0.497. The molecule has 0 radical (unpaired) electrons. The number of H-pyrrole nitrogens is 1. The van der Waals surface area contributed by atoms with Crippen LogP contribution in [0.4, 0.5) is 10.2 Å². The van der Waals surface area contributed by atoms with Gasteiger partial charge in [-0.15, -0.1) is 0 Å². The number of nitrogens with zero attached hydrogens (tertiary/aromatic N) is 1. The van der Waals surface area contributed by atoms with Crippen LogP contribution in [-0.2, 0) is 0 Å². The van der Waals surface area contributed by atoms with Crippen molar-refractivity contribution >= 4 is 17.6 Å². The average Bonchev–Trinajstić information content (AvgIpc) is 2.39. The van der Waals surface area contributed by atoms with Crippen molar-refractivity contribution in [3.05, 3.63) is 46.5 Å². The average molecular weight is 295 g/mol. The molecule has 1 heterocycles. The number of nitrogens with one attached hydrogen (secondary N) is 1. The van der Waals surface area contributed by atoms with E-state index in [1.165, 1.54) is 30.0 Å². The van der Waals surface area contributed by atoms with Gasteiger partial charge in [-0.05, 0) is 30.7 Å². The summed E-state index contributed by atoms with van der Waals surface area (Å²) in [5.41, 5.74) is 5.22. The maximum absolute atomic E-state index is 12.7. The number of ether oxygens (including phenoxy) is 1. The van der Waals surface area contributed by atoms with Crippen LogP contribution >= 0.6 is 11.8 Å². The number of hydrogen-bond acceptors (Lipinski definition) is 5. The highest BCUT2D eigenvalue weighted by Crippen LogP contribution is 2.14. The molecular formula is C13H14FN3O2S. The van der Waals surface area contributed by atoms with E-state index in [9.17, 15) is 9.18 Å². The van der Waals surface area contributed by atoms with Gasteiger partial charge in [0.1, 0.15) is 17.4 Å². The third-order valence-corrected chi connectivity index (χ3v) is 3.31. The van der Waals surface area contributed by atoms with E-state index in [2.05, 4.69) is 9.97 Å². The Morgan fingerprint density at radius 2 is 2.10 bits per heavy atom. The highest BCUT2D eigenvalue weighted by atomic mass is 32.2. The molecular weight excluding hydrogens is 281 g/mol. The van der Waals surface area contributed by atoms with Crippen LogP contribution in [0.1, 0.15) is 6.42 Å². The number of rotatable bonds is 6. The van der Waals surface area contributed by atoms with E-state index in [-0.39, 0.29) is 17.2 Å². The molecule has 0 aliphatic heterocycles. The van der Waals surface area contributed by atoms with Crippen LogP contribution in [0, 0.1) is 5.82 Å². The number of nitrogens with two attached hydrogens (primary N) is 1. The van der Waals surface area contributed by atoms with Gasteiger partial charge in [0, 0.05) is 11.8 Å². The molecule has 0 bridgehead atoms. The Morgan fingerprint density at radius 3 is 2.80 bits per heavy atom. The summed E-state index contributed by atoms with van der Waals surface area (Å²) < 4.78 is 18.1. The lowest BCUT2D eigenvalue weighted by Gasteiger charge is -2.05. The van der Waals surface area contributed by atoms with Crippen molar-refractivity contribution in [3.63, 3.8) is 0 Å². The number of benzene rings is 1. The zero-order valence-electron chi connectivity index (χ0n) is 10.6. The summed E-state index contributed by atoms with van der Waals surface area (Å²) >= 11 is 1.40. The summed E-state index contributed by atoms with van der Waals surface area (Å²) in [7, 11) is 0. The monoisotopic (exact) mass is 295 g/mol. The third kappa shape index (κ3) is 4.58. The molecule has 1 aromatic carbocycles. The van der Waals surface area contributed by atoms with E-state index in [0.29, 0.717) is 17.5 Å². The first-order chi connectivity index (χ1) is 9.63.